The molecule has 1 saturated carbocycles. The summed E-state index contributed by atoms with van der Waals surface area (Å²) in [6, 6.07) is 10.5. The molecule has 5 heteroatoms. The number of hydrogen-bond acceptors (Lipinski definition) is 5. The van der Waals surface area contributed by atoms with Crippen LogP contribution in [0.25, 0.3) is 11.3 Å². The lowest BCUT2D eigenvalue weighted by atomic mass is 9.57. The number of ether oxygens (including phenoxy) is 2. The Morgan fingerprint density at radius 2 is 2.04 bits per heavy atom. The summed E-state index contributed by atoms with van der Waals surface area (Å²) in [5.41, 5.74) is 1.27. The van der Waals surface area contributed by atoms with Crippen LogP contribution in [0.1, 0.15) is 32.1 Å². The van der Waals surface area contributed by atoms with Gasteiger partial charge in [0, 0.05) is 36.8 Å². The summed E-state index contributed by atoms with van der Waals surface area (Å²) >= 11 is 0. The molecular weight excluding hydrogens is 316 g/mol. The molecule has 1 N–H and O–H groups in total. The number of aromatic nitrogens is 1. The molecule has 0 radical (unpaired) electrons. The van der Waals surface area contributed by atoms with Gasteiger partial charge in [0.05, 0.1) is 18.8 Å². The van der Waals surface area contributed by atoms with Gasteiger partial charge in [-0.05, 0) is 26.2 Å². The zero-order valence-corrected chi connectivity index (χ0v) is 14.7. The number of oxazole rings is 1. The van der Waals surface area contributed by atoms with Gasteiger partial charge < -0.3 is 19.2 Å². The Hall–Kier alpha value is -1.69. The molecule has 2 fully saturated rings. The molecule has 2 aliphatic rings. The van der Waals surface area contributed by atoms with Crippen LogP contribution in [0.3, 0.4) is 0 Å². The topological polar surface area (TPSA) is 56.5 Å². The number of nitrogens with zero attached hydrogens (tertiary/aromatic N) is 1. The molecule has 25 heavy (non-hydrogen) atoms. The number of rotatable bonds is 6. The van der Waals surface area contributed by atoms with Gasteiger partial charge in [-0.1, -0.05) is 30.3 Å². The molecule has 0 bridgehead atoms. The number of nitrogens with one attached hydrogen (secondary N) is 1. The molecule has 4 rings (SSSR count). The normalized spacial score (nSPS) is 25.0. The number of benzene rings is 1. The molecule has 0 unspecified atom stereocenters. The average Bonchev–Trinajstić information content (AvgIpc) is 3.14. The van der Waals surface area contributed by atoms with E-state index in [-0.39, 0.29) is 5.41 Å². The van der Waals surface area contributed by atoms with E-state index >= 15 is 0 Å². The summed E-state index contributed by atoms with van der Waals surface area (Å²) in [4.78, 5) is 4.43. The van der Waals surface area contributed by atoms with Crippen molar-refractivity contribution in [1.29, 1.82) is 0 Å². The Morgan fingerprint density at radius 3 is 2.80 bits per heavy atom. The average molecular weight is 342 g/mol. The summed E-state index contributed by atoms with van der Waals surface area (Å²) in [7, 11) is 0. The number of hydrogen-bond donors (Lipinski definition) is 1. The lowest BCUT2D eigenvalue weighted by Gasteiger charge is -2.57. The van der Waals surface area contributed by atoms with Crippen molar-refractivity contribution in [1.82, 2.24) is 10.3 Å². The van der Waals surface area contributed by atoms with Crippen LogP contribution in [0.15, 0.2) is 40.9 Å². The van der Waals surface area contributed by atoms with Crippen LogP contribution in [-0.2, 0) is 16.0 Å². The fourth-order valence-electron chi connectivity index (χ4n) is 4.23. The molecule has 0 amide bonds. The minimum absolute atomic E-state index is 0.211. The summed E-state index contributed by atoms with van der Waals surface area (Å²) in [5.74, 6) is 1.56. The van der Waals surface area contributed by atoms with Crippen LogP contribution in [0, 0.1) is 5.41 Å². The highest BCUT2D eigenvalue weighted by Crippen LogP contribution is 2.50. The first-order valence-corrected chi connectivity index (χ1v) is 9.24. The van der Waals surface area contributed by atoms with Gasteiger partial charge >= 0.3 is 0 Å². The van der Waals surface area contributed by atoms with Crippen LogP contribution in [0.5, 0.6) is 0 Å². The maximum atomic E-state index is 5.98. The molecule has 1 aliphatic carbocycles. The van der Waals surface area contributed by atoms with Crippen LogP contribution >= 0.6 is 0 Å². The first-order chi connectivity index (χ1) is 12.3. The second-order valence-electron chi connectivity index (χ2n) is 6.94. The Balaban J connectivity index is 1.39. The van der Waals surface area contributed by atoms with E-state index in [0.29, 0.717) is 18.7 Å². The van der Waals surface area contributed by atoms with E-state index in [1.165, 1.54) is 0 Å². The van der Waals surface area contributed by atoms with E-state index in [2.05, 4.69) is 17.2 Å². The molecule has 5 nitrogen and oxygen atoms in total. The Bertz CT molecular complexity index is 679. The molecule has 1 aromatic heterocycles. The quantitative estimate of drug-likeness (QED) is 0.872. The minimum atomic E-state index is 0.211. The van der Waals surface area contributed by atoms with Crippen molar-refractivity contribution in [3.63, 3.8) is 0 Å². The summed E-state index contributed by atoms with van der Waals surface area (Å²) in [6.45, 7) is 5.17. The Morgan fingerprint density at radius 1 is 1.24 bits per heavy atom. The first-order valence-electron chi connectivity index (χ1n) is 9.24. The van der Waals surface area contributed by atoms with Crippen LogP contribution in [0.2, 0.25) is 0 Å². The summed E-state index contributed by atoms with van der Waals surface area (Å²) in [6.07, 6.45) is 5.34. The highest BCUT2D eigenvalue weighted by molar-refractivity contribution is 5.55. The maximum Gasteiger partial charge on any atom is 0.208 e. The summed E-state index contributed by atoms with van der Waals surface area (Å²) < 4.78 is 17.5. The van der Waals surface area contributed by atoms with E-state index in [0.717, 1.165) is 56.3 Å². The SMILES string of the molecule is CCO[C@@H]1C[C@H](NCc2ncc(-c3ccccc3)o2)C12CCOCC2. The molecule has 2 heterocycles. The highest BCUT2D eigenvalue weighted by Gasteiger charge is 2.55. The predicted octanol–water partition coefficient (Wildman–Crippen LogP) is 3.41. The maximum absolute atomic E-state index is 5.98. The van der Waals surface area contributed by atoms with E-state index in [9.17, 15) is 0 Å². The fourth-order valence-corrected chi connectivity index (χ4v) is 4.23. The van der Waals surface area contributed by atoms with E-state index < -0.39 is 0 Å². The van der Waals surface area contributed by atoms with Crippen LogP contribution in [0.4, 0.5) is 0 Å². The lowest BCUT2D eigenvalue weighted by Crippen LogP contribution is -2.65. The molecule has 2 aromatic rings. The second-order valence-corrected chi connectivity index (χ2v) is 6.94. The van der Waals surface area contributed by atoms with E-state index in [4.69, 9.17) is 13.9 Å². The van der Waals surface area contributed by atoms with Crippen molar-refractivity contribution < 1.29 is 13.9 Å². The standard InChI is InChI=1S/C20H26N2O3/c1-2-24-18-12-17(20(18)8-10-23-11-9-20)21-14-19-22-13-16(25-19)15-6-4-3-5-7-15/h3-7,13,17-18,21H,2,8-12,14H2,1H3/t17-,18+/m0/s1. The van der Waals surface area contributed by atoms with Crippen molar-refractivity contribution in [3.05, 3.63) is 42.4 Å². The van der Waals surface area contributed by atoms with Crippen molar-refractivity contribution in [2.75, 3.05) is 19.8 Å². The van der Waals surface area contributed by atoms with Gasteiger partial charge in [0.25, 0.3) is 0 Å². The fraction of sp³-hybridized carbons (Fsp3) is 0.550. The molecule has 1 spiro atoms. The Labute approximate surface area is 148 Å². The monoisotopic (exact) mass is 342 g/mol. The van der Waals surface area contributed by atoms with Gasteiger partial charge in [-0.25, -0.2) is 4.98 Å². The Kier molecular flexibility index (Phi) is 4.88. The third-order valence-corrected chi connectivity index (χ3v) is 5.69. The van der Waals surface area contributed by atoms with Crippen molar-refractivity contribution in [2.24, 2.45) is 5.41 Å². The molecule has 1 aromatic carbocycles. The van der Waals surface area contributed by atoms with Gasteiger partial charge in [0.1, 0.15) is 0 Å². The zero-order valence-electron chi connectivity index (χ0n) is 14.7. The van der Waals surface area contributed by atoms with Gasteiger partial charge in [0.15, 0.2) is 5.76 Å². The van der Waals surface area contributed by atoms with Gasteiger partial charge in [-0.2, -0.15) is 0 Å². The lowest BCUT2D eigenvalue weighted by molar-refractivity contribution is -0.173. The largest absolute Gasteiger partial charge is 0.439 e. The molecule has 2 atom stereocenters. The minimum Gasteiger partial charge on any atom is -0.439 e. The smallest absolute Gasteiger partial charge is 0.208 e. The third-order valence-electron chi connectivity index (χ3n) is 5.69. The summed E-state index contributed by atoms with van der Waals surface area (Å²) in [5, 5.41) is 3.66. The van der Waals surface area contributed by atoms with Crippen molar-refractivity contribution in [2.45, 2.75) is 44.9 Å². The van der Waals surface area contributed by atoms with Gasteiger partial charge in [-0.3, -0.25) is 0 Å². The molecule has 1 saturated heterocycles. The first kappa shape index (κ1) is 16.8. The van der Waals surface area contributed by atoms with Crippen LogP contribution in [-0.4, -0.2) is 37.0 Å². The molecule has 134 valence electrons. The third kappa shape index (κ3) is 3.24. The highest BCUT2D eigenvalue weighted by atomic mass is 16.5. The molecule has 1 aliphatic heterocycles. The van der Waals surface area contributed by atoms with Gasteiger partial charge in [0.2, 0.25) is 5.89 Å². The van der Waals surface area contributed by atoms with Gasteiger partial charge in [-0.15, -0.1) is 0 Å². The van der Waals surface area contributed by atoms with E-state index in [1.807, 2.05) is 30.3 Å². The predicted molar refractivity (Wildman–Crippen MR) is 95.1 cm³/mol. The van der Waals surface area contributed by atoms with Crippen molar-refractivity contribution >= 4 is 0 Å². The molecular formula is C20H26N2O3. The van der Waals surface area contributed by atoms with Crippen molar-refractivity contribution in [3.8, 4) is 11.3 Å². The second kappa shape index (κ2) is 7.28. The van der Waals surface area contributed by atoms with E-state index in [1.54, 1.807) is 6.20 Å². The van der Waals surface area contributed by atoms with Crippen LogP contribution < -0.4 is 5.32 Å². The zero-order chi connectivity index (χ0) is 17.1.